The Hall–Kier alpha value is -3.90. The molecule has 0 bridgehead atoms. The first-order valence-electron chi connectivity index (χ1n) is 12.2. The van der Waals surface area contributed by atoms with E-state index >= 15 is 0 Å². The fraction of sp³-hybridized carbons (Fsp3) is 0.194. The van der Waals surface area contributed by atoms with Crippen LogP contribution < -0.4 is 5.32 Å². The summed E-state index contributed by atoms with van der Waals surface area (Å²) in [5.74, 6) is -1.68. The highest BCUT2D eigenvalue weighted by atomic mass is 32.2. The molecule has 4 rings (SSSR count). The SMILES string of the molecule is CC(=O)SCC(Cc1ccccc1)C(=O)NC(Cc1ccc(-c2cccc3ccccc23)cc1)C(=O)O. The number of carboxylic acid groups (broad SMARTS) is 1. The van der Waals surface area contributed by atoms with Crippen molar-refractivity contribution in [3.63, 3.8) is 0 Å². The predicted octanol–water partition coefficient (Wildman–Crippen LogP) is 5.76. The van der Waals surface area contributed by atoms with Crippen molar-refractivity contribution in [2.24, 2.45) is 5.92 Å². The molecule has 0 aliphatic heterocycles. The first-order valence-corrected chi connectivity index (χ1v) is 13.2. The number of carbonyl (C=O) groups excluding carboxylic acids is 2. The third-order valence-corrected chi connectivity index (χ3v) is 7.27. The maximum absolute atomic E-state index is 13.1. The van der Waals surface area contributed by atoms with Gasteiger partial charge in [-0.25, -0.2) is 4.79 Å². The molecule has 0 spiro atoms. The van der Waals surface area contributed by atoms with Gasteiger partial charge in [-0.15, -0.1) is 0 Å². The second-order valence-corrected chi connectivity index (χ2v) is 10.2. The van der Waals surface area contributed by atoms with Crippen molar-refractivity contribution in [3.8, 4) is 11.1 Å². The highest BCUT2D eigenvalue weighted by molar-refractivity contribution is 8.13. The third-order valence-electron chi connectivity index (χ3n) is 6.29. The van der Waals surface area contributed by atoms with Crippen LogP contribution in [-0.4, -0.2) is 33.9 Å². The Morgan fingerprint density at radius 2 is 1.43 bits per heavy atom. The van der Waals surface area contributed by atoms with Crippen LogP contribution in [0.4, 0.5) is 0 Å². The van der Waals surface area contributed by atoms with E-state index in [1.807, 2.05) is 72.8 Å². The Labute approximate surface area is 220 Å². The van der Waals surface area contributed by atoms with Gasteiger partial charge in [0.05, 0.1) is 5.92 Å². The van der Waals surface area contributed by atoms with E-state index in [0.717, 1.165) is 44.8 Å². The zero-order valence-electron chi connectivity index (χ0n) is 20.6. The van der Waals surface area contributed by atoms with E-state index in [1.54, 1.807) is 0 Å². The number of carbonyl (C=O) groups is 3. The van der Waals surface area contributed by atoms with Crippen LogP contribution in [0, 0.1) is 5.92 Å². The molecule has 2 atom stereocenters. The second-order valence-electron chi connectivity index (χ2n) is 9.02. The lowest BCUT2D eigenvalue weighted by Gasteiger charge is -2.20. The molecule has 4 aromatic rings. The molecule has 0 saturated heterocycles. The maximum atomic E-state index is 13.1. The molecule has 0 aliphatic rings. The van der Waals surface area contributed by atoms with Gasteiger partial charge in [0.2, 0.25) is 5.91 Å². The lowest BCUT2D eigenvalue weighted by Crippen LogP contribution is -2.46. The van der Waals surface area contributed by atoms with Crippen molar-refractivity contribution in [1.29, 1.82) is 0 Å². The van der Waals surface area contributed by atoms with Crippen molar-refractivity contribution < 1.29 is 19.5 Å². The second kappa shape index (κ2) is 12.4. The molecule has 2 unspecified atom stereocenters. The summed E-state index contributed by atoms with van der Waals surface area (Å²) in [6.07, 6.45) is 0.591. The smallest absolute Gasteiger partial charge is 0.326 e. The van der Waals surface area contributed by atoms with E-state index < -0.39 is 17.9 Å². The van der Waals surface area contributed by atoms with Gasteiger partial charge in [-0.1, -0.05) is 109 Å². The monoisotopic (exact) mass is 511 g/mol. The molecule has 37 heavy (non-hydrogen) atoms. The fourth-order valence-electron chi connectivity index (χ4n) is 4.37. The Kier molecular flexibility index (Phi) is 8.75. The van der Waals surface area contributed by atoms with Gasteiger partial charge >= 0.3 is 5.97 Å². The Bertz CT molecular complexity index is 1380. The minimum absolute atomic E-state index is 0.0769. The molecule has 0 fully saturated rings. The molecule has 0 aromatic heterocycles. The van der Waals surface area contributed by atoms with Gasteiger partial charge in [0.1, 0.15) is 6.04 Å². The van der Waals surface area contributed by atoms with Gasteiger partial charge < -0.3 is 10.4 Å². The number of amides is 1. The van der Waals surface area contributed by atoms with Crippen LogP contribution in [0.2, 0.25) is 0 Å². The van der Waals surface area contributed by atoms with Crippen LogP contribution in [0.3, 0.4) is 0 Å². The number of carboxylic acids is 1. The third kappa shape index (κ3) is 7.08. The van der Waals surface area contributed by atoms with Crippen molar-refractivity contribution in [1.82, 2.24) is 5.32 Å². The first kappa shape index (κ1) is 26.2. The molecule has 1 amide bonds. The van der Waals surface area contributed by atoms with Crippen LogP contribution in [0.15, 0.2) is 97.1 Å². The average Bonchev–Trinajstić information content (AvgIpc) is 2.91. The van der Waals surface area contributed by atoms with Crippen molar-refractivity contribution in [2.45, 2.75) is 25.8 Å². The quantitative estimate of drug-likeness (QED) is 0.283. The van der Waals surface area contributed by atoms with Crippen LogP contribution in [0.1, 0.15) is 18.1 Å². The molecule has 6 heteroatoms. The molecular formula is C31H29NO4S. The number of fused-ring (bicyclic) bond motifs is 1. The van der Waals surface area contributed by atoms with Crippen molar-refractivity contribution in [3.05, 3.63) is 108 Å². The lowest BCUT2D eigenvalue weighted by atomic mass is 9.96. The minimum atomic E-state index is -1.09. The number of hydrogen-bond donors (Lipinski definition) is 2. The molecule has 4 aromatic carbocycles. The lowest BCUT2D eigenvalue weighted by molar-refractivity contribution is -0.142. The highest BCUT2D eigenvalue weighted by Crippen LogP contribution is 2.29. The van der Waals surface area contributed by atoms with E-state index in [4.69, 9.17) is 0 Å². The molecule has 5 nitrogen and oxygen atoms in total. The molecule has 0 saturated carbocycles. The van der Waals surface area contributed by atoms with Crippen LogP contribution in [0.5, 0.6) is 0 Å². The van der Waals surface area contributed by atoms with Gasteiger partial charge in [-0.3, -0.25) is 9.59 Å². The highest BCUT2D eigenvalue weighted by Gasteiger charge is 2.26. The topological polar surface area (TPSA) is 83.5 Å². The number of benzene rings is 4. The largest absolute Gasteiger partial charge is 0.480 e. The summed E-state index contributed by atoms with van der Waals surface area (Å²) in [4.78, 5) is 36.7. The summed E-state index contributed by atoms with van der Waals surface area (Å²) in [5.41, 5.74) is 3.93. The maximum Gasteiger partial charge on any atom is 0.326 e. The number of rotatable bonds is 10. The molecule has 0 radical (unpaired) electrons. The van der Waals surface area contributed by atoms with E-state index in [9.17, 15) is 19.5 Å². The first-order chi connectivity index (χ1) is 17.9. The van der Waals surface area contributed by atoms with E-state index in [0.29, 0.717) is 12.2 Å². The standard InChI is InChI=1S/C31H29NO4S/c1-21(33)37-20-26(18-22-8-3-2-4-9-22)30(34)32-29(31(35)36)19-23-14-16-25(17-15-23)28-13-7-11-24-10-5-6-12-27(24)28/h2-17,26,29H,18-20H2,1H3,(H,32,34)(H,35,36). The average molecular weight is 512 g/mol. The van der Waals surface area contributed by atoms with Crippen LogP contribution in [0.25, 0.3) is 21.9 Å². The normalized spacial score (nSPS) is 12.6. The van der Waals surface area contributed by atoms with Crippen molar-refractivity contribution >= 4 is 39.5 Å². The summed E-state index contributed by atoms with van der Waals surface area (Å²) >= 11 is 1.08. The summed E-state index contributed by atoms with van der Waals surface area (Å²) in [5, 5.41) is 14.8. The van der Waals surface area contributed by atoms with Gasteiger partial charge in [-0.05, 0) is 39.4 Å². The Balaban J connectivity index is 1.47. The van der Waals surface area contributed by atoms with Gasteiger partial charge in [0.15, 0.2) is 5.12 Å². The number of hydrogen-bond acceptors (Lipinski definition) is 4. The zero-order valence-corrected chi connectivity index (χ0v) is 21.4. The zero-order chi connectivity index (χ0) is 26.2. The Morgan fingerprint density at radius 3 is 2.14 bits per heavy atom. The number of thioether (sulfide) groups is 1. The summed E-state index contributed by atoms with van der Waals surface area (Å²) in [6.45, 7) is 1.46. The molecule has 2 N–H and O–H groups in total. The van der Waals surface area contributed by atoms with Crippen molar-refractivity contribution in [2.75, 3.05) is 5.75 Å². The van der Waals surface area contributed by atoms with E-state index in [-0.39, 0.29) is 17.4 Å². The van der Waals surface area contributed by atoms with Crippen LogP contribution in [-0.2, 0) is 27.2 Å². The minimum Gasteiger partial charge on any atom is -0.480 e. The molecular weight excluding hydrogens is 482 g/mol. The molecule has 188 valence electrons. The van der Waals surface area contributed by atoms with Gasteiger partial charge in [0, 0.05) is 19.1 Å². The number of aliphatic carboxylic acids is 1. The van der Waals surface area contributed by atoms with E-state index in [2.05, 4.69) is 29.6 Å². The number of nitrogens with one attached hydrogen (secondary N) is 1. The van der Waals surface area contributed by atoms with Crippen LogP contribution >= 0.6 is 11.8 Å². The predicted molar refractivity (Wildman–Crippen MR) is 149 cm³/mol. The van der Waals surface area contributed by atoms with Gasteiger partial charge in [0.25, 0.3) is 0 Å². The fourth-order valence-corrected chi connectivity index (χ4v) is 5.07. The summed E-state index contributed by atoms with van der Waals surface area (Å²) in [6, 6.07) is 30.6. The summed E-state index contributed by atoms with van der Waals surface area (Å²) < 4.78 is 0. The van der Waals surface area contributed by atoms with E-state index in [1.165, 1.54) is 6.92 Å². The molecule has 0 aliphatic carbocycles. The Morgan fingerprint density at radius 1 is 0.784 bits per heavy atom. The summed E-state index contributed by atoms with van der Waals surface area (Å²) in [7, 11) is 0. The molecule has 0 heterocycles. The van der Waals surface area contributed by atoms with Gasteiger partial charge in [-0.2, -0.15) is 0 Å².